The molecule has 0 spiro atoms. The van der Waals surface area contributed by atoms with Gasteiger partial charge in [-0.05, 0) is 73.7 Å². The van der Waals surface area contributed by atoms with Crippen molar-refractivity contribution in [1.29, 1.82) is 0 Å². The number of hydrogen-bond acceptors (Lipinski definition) is 35. The summed E-state index contributed by atoms with van der Waals surface area (Å²) in [7, 11) is 1.33. The third-order valence-electron chi connectivity index (χ3n) is 14.2. The first-order chi connectivity index (χ1) is 58.8. The highest BCUT2D eigenvalue weighted by Crippen LogP contribution is 2.34. The first kappa shape index (κ1) is 93.5. The number of benzene rings is 6. The zero-order valence-corrected chi connectivity index (χ0v) is 62.7. The molecule has 55 nitrogen and oxygen atoms in total. The monoisotopic (exact) mass is 1790 g/mol. The van der Waals surface area contributed by atoms with Crippen LogP contribution in [-0.4, -0.2) is 186 Å². The van der Waals surface area contributed by atoms with Crippen molar-refractivity contribution < 1.29 is 101 Å². The van der Waals surface area contributed by atoms with E-state index in [9.17, 15) is 119 Å². The Bertz CT molecular complexity index is 6870. The highest BCUT2D eigenvalue weighted by Gasteiger charge is 2.30. The van der Waals surface area contributed by atoms with Crippen molar-refractivity contribution >= 4 is 140 Å². The predicted molar refractivity (Wildman–Crippen MR) is 414 cm³/mol. The number of halogens is 6. The number of nitrogens with zero attached hydrogens (tertiary/aromatic N) is 7. The van der Waals surface area contributed by atoms with Crippen LogP contribution in [0, 0.1) is 33.4 Å². The van der Waals surface area contributed by atoms with E-state index < -0.39 is 167 Å². The molecule has 25 N–H and O–H groups in total. The number of nitro groups is 1. The van der Waals surface area contributed by atoms with Crippen molar-refractivity contribution in [1.82, 2.24) is 89.7 Å². The second kappa shape index (κ2) is 41.5. The van der Waals surface area contributed by atoms with Gasteiger partial charge < -0.3 is 77.1 Å². The first-order valence-electron chi connectivity index (χ1n) is 32.5. The number of aromatic nitrogens is 18. The number of methoxy groups -OCH3 is 1. The number of carboxylic acid groups (broad SMARTS) is 7. The zero-order valence-electron chi connectivity index (χ0n) is 61.2. The standard InChI is InChI=1S/C12H11ClN4O5.C11H8N4O6.C11H10N4O5.C10H7ClN4O4.C10H4F4N4O4.C10H7N5O6/c1-2-22-8-4-7(6(13)3-5(8)9(18)19)14-10-15-11(20)17-12(21)16-10;16-7(17)5-2-1-4(3-6(5)8(18)19)12-9-13-10(20)15-11(21)14-9;1-20-7-4-5(2-3-6(7)8(16)17)12-9-13-10(18)15-11(19)14-9;11-5-3-4(7(16)17)1-2-6(5)12-8-13-9(18)15-10(19)14-8;11-2-1(7(19)20)3(12)5(14)6(4(2)13)15-8-16-9(21)18-10(22)17-8;16-7(17)4-1-2-5(6(3-4)15(20)21)11-8-12-9(18)14-10(19)13-8/h3-4H,2H2,1H3,(H,18,19)(H3,14,15,16,17,20,21);1-3H,(H,16,17)(H,18,19)(H3,12,13,14,15,20,21);2-4H,1H3,(H,16,17)(H3,12,13,14,15,18,19);1-3H,(H,16,17)(H3,12,13,14,15,18,19);(H,19,20)(H3,15,16,17,18,21,22);1-3H,(H,16,17)(H3,11,12,13,14,18,19). The lowest BCUT2D eigenvalue weighted by molar-refractivity contribution is -0.384. The molecule has 0 aliphatic rings. The van der Waals surface area contributed by atoms with Crippen LogP contribution in [0.1, 0.15) is 79.4 Å². The van der Waals surface area contributed by atoms with Crippen LogP contribution in [0.3, 0.4) is 0 Å². The summed E-state index contributed by atoms with van der Waals surface area (Å²) in [4.78, 5) is 263. The first-order valence-corrected chi connectivity index (χ1v) is 33.3. The lowest BCUT2D eigenvalue weighted by atomic mass is 10.1. The molecular weight excluding hydrogens is 1750 g/mol. The Kier molecular flexibility index (Phi) is 31.0. The van der Waals surface area contributed by atoms with Gasteiger partial charge in [-0.3, -0.25) is 69.9 Å². The van der Waals surface area contributed by atoms with E-state index in [-0.39, 0.29) is 103 Å². The molecule has 0 atom stereocenters. The third-order valence-corrected chi connectivity index (χ3v) is 14.8. The van der Waals surface area contributed by atoms with Gasteiger partial charge in [-0.25, -0.2) is 109 Å². The van der Waals surface area contributed by atoms with Crippen LogP contribution in [0.15, 0.2) is 142 Å². The van der Waals surface area contributed by atoms with Gasteiger partial charge in [0.1, 0.15) is 39.6 Å². The number of anilines is 12. The van der Waals surface area contributed by atoms with Gasteiger partial charge in [-0.2, -0.15) is 29.9 Å². The molecule has 6 aromatic carbocycles. The van der Waals surface area contributed by atoms with E-state index in [4.69, 9.17) is 68.4 Å². The largest absolute Gasteiger partial charge is 0.496 e. The molecule has 6 heterocycles. The molecule has 0 fully saturated rings. The predicted octanol–water partition coefficient (Wildman–Crippen LogP) is 1.28. The lowest BCUT2D eigenvalue weighted by Gasteiger charge is -2.12. The number of nitro benzene ring substituents is 1. The molecule has 6 aromatic heterocycles. The van der Waals surface area contributed by atoms with Gasteiger partial charge >= 0.3 is 110 Å². The number of rotatable bonds is 23. The molecule has 61 heteroatoms. The van der Waals surface area contributed by atoms with Crippen LogP contribution >= 0.6 is 23.2 Å². The molecular formula is C64H47Cl2F4N25O30. The van der Waals surface area contributed by atoms with E-state index in [0.717, 1.165) is 30.3 Å². The van der Waals surface area contributed by atoms with E-state index in [1.54, 1.807) is 22.2 Å². The number of carbonyl (C=O) groups is 7. The minimum absolute atomic E-state index is 0.00888. The Morgan fingerprint density at radius 2 is 0.720 bits per heavy atom. The number of ether oxygens (including phenoxy) is 2. The normalized spacial score (nSPS) is 10.2. The van der Waals surface area contributed by atoms with Crippen LogP contribution < -0.4 is 110 Å². The van der Waals surface area contributed by atoms with Gasteiger partial charge in [-0.1, -0.05) is 23.2 Å². The SMILES string of the molecule is CCOc1cc(Nc2nc(=O)[nH]c(=O)[nH]2)c(Cl)cc1C(=O)O.COc1cc(Nc2nc(=O)[nH]c(=O)[nH]2)ccc1C(=O)O.O=C(O)c1c(F)c(F)c(Nc2nc(=O)[nH]c(=O)[nH]2)c(F)c1F.O=C(O)c1ccc(Nc2nc(=O)[nH]c(=O)[nH]2)c(Cl)c1.O=C(O)c1ccc(Nc2nc(=O)[nH]c(=O)[nH]2)c([N+](=O)[O-])c1.O=C(O)c1ccc(Nc2nc(=O)[nH]c(=O)[nH]2)cc1C(=O)O. The fraction of sp³-hybridized carbons (Fsp3) is 0.0469. The average molecular weight is 1790 g/mol. The van der Waals surface area contributed by atoms with Gasteiger partial charge in [0.05, 0.1) is 62.3 Å². The van der Waals surface area contributed by atoms with E-state index in [1.807, 2.05) is 24.9 Å². The van der Waals surface area contributed by atoms with Crippen molar-refractivity contribution in [3.8, 4) is 11.5 Å². The van der Waals surface area contributed by atoms with E-state index in [2.05, 4.69) is 81.4 Å². The fourth-order valence-electron chi connectivity index (χ4n) is 9.11. The molecule has 650 valence electrons. The summed E-state index contributed by atoms with van der Waals surface area (Å²) in [6, 6.07) is 17.2. The Labute approximate surface area is 686 Å². The summed E-state index contributed by atoms with van der Waals surface area (Å²) in [5.41, 5.74) is -14.5. The molecule has 12 rings (SSSR count). The van der Waals surface area contributed by atoms with Crippen LogP contribution in [0.2, 0.25) is 10.0 Å². The number of nitrogens with one attached hydrogen (secondary N) is 18. The number of hydrogen-bond donors (Lipinski definition) is 25. The summed E-state index contributed by atoms with van der Waals surface area (Å²) in [6.45, 7) is 1.95. The van der Waals surface area contributed by atoms with E-state index in [0.29, 0.717) is 11.4 Å². The Morgan fingerprint density at radius 3 is 1.07 bits per heavy atom. The van der Waals surface area contributed by atoms with Crippen molar-refractivity contribution in [2.24, 2.45) is 0 Å². The molecule has 0 aliphatic heterocycles. The van der Waals surface area contributed by atoms with Crippen molar-refractivity contribution in [2.45, 2.75) is 6.92 Å². The highest BCUT2D eigenvalue weighted by atomic mass is 35.5. The zero-order chi connectivity index (χ0) is 92.7. The summed E-state index contributed by atoms with van der Waals surface area (Å²) in [5, 5.41) is 87.5. The average Bonchev–Trinajstić information content (AvgIpc) is 0.777. The number of carboxylic acids is 7. The number of aromatic amines is 12. The second-order valence-corrected chi connectivity index (χ2v) is 23.4. The molecule has 0 unspecified atom stereocenters. The molecule has 0 bridgehead atoms. The van der Waals surface area contributed by atoms with Gasteiger partial charge in [0.15, 0.2) is 23.3 Å². The van der Waals surface area contributed by atoms with Crippen LogP contribution in [-0.2, 0) is 0 Å². The molecule has 125 heavy (non-hydrogen) atoms. The van der Waals surface area contributed by atoms with Gasteiger partial charge in [0.2, 0.25) is 35.7 Å². The van der Waals surface area contributed by atoms with Gasteiger partial charge in [-0.15, -0.1) is 0 Å². The Morgan fingerprint density at radius 1 is 0.376 bits per heavy atom. The summed E-state index contributed by atoms with van der Waals surface area (Å²) in [6.07, 6.45) is 0. The van der Waals surface area contributed by atoms with Crippen LogP contribution in [0.4, 0.5) is 93.1 Å². The molecule has 12 aromatic rings. The van der Waals surface area contributed by atoms with Gasteiger partial charge in [0, 0.05) is 29.6 Å². The molecule has 0 aliphatic carbocycles. The molecule has 0 amide bonds. The topological polar surface area (TPSA) is 867 Å². The van der Waals surface area contributed by atoms with Crippen molar-refractivity contribution in [3.63, 3.8) is 0 Å². The summed E-state index contributed by atoms with van der Waals surface area (Å²) in [5.74, 6) is -19.7. The van der Waals surface area contributed by atoms with E-state index >= 15 is 0 Å². The van der Waals surface area contributed by atoms with Gasteiger partial charge in [0.25, 0.3) is 5.69 Å². The Balaban J connectivity index is 0.000000206. The Hall–Kier alpha value is -18.6. The maximum Gasteiger partial charge on any atom is 0.352 e. The lowest BCUT2D eigenvalue weighted by Crippen LogP contribution is -2.26. The van der Waals surface area contributed by atoms with Crippen molar-refractivity contribution in [3.05, 3.63) is 293 Å². The smallest absolute Gasteiger partial charge is 0.352 e. The molecule has 0 saturated heterocycles. The minimum Gasteiger partial charge on any atom is -0.496 e. The summed E-state index contributed by atoms with van der Waals surface area (Å²) >= 11 is 11.9. The summed E-state index contributed by atoms with van der Waals surface area (Å²) < 4.78 is 64.4. The molecule has 0 radical (unpaired) electrons. The minimum atomic E-state index is -2.22. The maximum atomic E-state index is 13.6. The van der Waals surface area contributed by atoms with E-state index in [1.165, 1.54) is 61.7 Å². The molecule has 0 saturated carbocycles. The number of aromatic carboxylic acids is 7. The highest BCUT2D eigenvalue weighted by molar-refractivity contribution is 6.34. The quantitative estimate of drug-likeness (QED) is 0.0186. The van der Waals surface area contributed by atoms with Crippen molar-refractivity contribution in [2.75, 3.05) is 45.6 Å². The maximum absolute atomic E-state index is 13.6. The van der Waals surface area contributed by atoms with Crippen LogP contribution in [0.25, 0.3) is 0 Å². The fourth-order valence-corrected chi connectivity index (χ4v) is 9.55. The number of H-pyrrole nitrogens is 12. The second-order valence-electron chi connectivity index (χ2n) is 22.6. The van der Waals surface area contributed by atoms with Crippen LogP contribution in [0.5, 0.6) is 11.5 Å². The third kappa shape index (κ3) is 26.4.